The third-order valence-corrected chi connectivity index (χ3v) is 6.36. The van der Waals surface area contributed by atoms with Crippen LogP contribution in [0.25, 0.3) is 11.3 Å². The van der Waals surface area contributed by atoms with E-state index in [2.05, 4.69) is 40.7 Å². The Balaban J connectivity index is 1.26. The zero-order valence-electron chi connectivity index (χ0n) is 20.1. The normalized spacial score (nSPS) is 16.9. The van der Waals surface area contributed by atoms with Gasteiger partial charge in [0.2, 0.25) is 5.88 Å². The lowest BCUT2D eigenvalue weighted by molar-refractivity contribution is 0.172. The van der Waals surface area contributed by atoms with E-state index in [0.29, 0.717) is 25.0 Å². The SMILES string of the molecule is C=C1CCC(CNCc2cccc(Nc3ccc(-c4cccc5c4OCCO5)nc3OC)c2)CN1. The third-order valence-electron chi connectivity index (χ3n) is 6.36. The number of methoxy groups -OCH3 is 1. The first kappa shape index (κ1) is 23.1. The fourth-order valence-electron chi connectivity index (χ4n) is 4.48. The lowest BCUT2D eigenvalue weighted by atomic mass is 9.98. The second kappa shape index (κ2) is 10.7. The molecule has 0 saturated carbocycles. The molecule has 2 aliphatic heterocycles. The van der Waals surface area contributed by atoms with E-state index in [1.165, 1.54) is 12.0 Å². The number of aromatic nitrogens is 1. The van der Waals surface area contributed by atoms with Crippen LogP contribution in [0.3, 0.4) is 0 Å². The van der Waals surface area contributed by atoms with Gasteiger partial charge in [0.05, 0.1) is 12.8 Å². The van der Waals surface area contributed by atoms with Gasteiger partial charge in [0, 0.05) is 30.0 Å². The second-order valence-electron chi connectivity index (χ2n) is 8.93. The van der Waals surface area contributed by atoms with Gasteiger partial charge in [-0.25, -0.2) is 4.98 Å². The number of fused-ring (bicyclic) bond motifs is 1. The molecule has 35 heavy (non-hydrogen) atoms. The zero-order chi connectivity index (χ0) is 24.0. The average molecular weight is 473 g/mol. The number of nitrogens with one attached hydrogen (secondary N) is 3. The highest BCUT2D eigenvalue weighted by molar-refractivity contribution is 5.74. The van der Waals surface area contributed by atoms with Crippen molar-refractivity contribution in [2.45, 2.75) is 19.4 Å². The van der Waals surface area contributed by atoms with Crippen LogP contribution >= 0.6 is 0 Å². The number of nitrogens with zero attached hydrogens (tertiary/aromatic N) is 1. The van der Waals surface area contributed by atoms with Crippen molar-refractivity contribution >= 4 is 11.4 Å². The van der Waals surface area contributed by atoms with E-state index in [1.807, 2.05) is 36.4 Å². The first-order valence-corrected chi connectivity index (χ1v) is 12.1. The minimum atomic E-state index is 0.520. The van der Waals surface area contributed by atoms with E-state index >= 15 is 0 Å². The van der Waals surface area contributed by atoms with Crippen LogP contribution in [0.4, 0.5) is 11.4 Å². The molecule has 5 rings (SSSR count). The largest absolute Gasteiger partial charge is 0.486 e. The van der Waals surface area contributed by atoms with E-state index < -0.39 is 0 Å². The topological polar surface area (TPSA) is 76.7 Å². The van der Waals surface area contributed by atoms with Crippen LogP contribution in [0.15, 0.2) is 66.9 Å². The highest BCUT2D eigenvalue weighted by atomic mass is 16.6. The number of benzene rings is 2. The van der Waals surface area contributed by atoms with Gasteiger partial charge in [0.1, 0.15) is 18.9 Å². The maximum absolute atomic E-state index is 5.86. The zero-order valence-corrected chi connectivity index (χ0v) is 20.1. The Bertz CT molecular complexity index is 1190. The van der Waals surface area contributed by atoms with Crippen LogP contribution in [0, 0.1) is 5.92 Å². The summed E-state index contributed by atoms with van der Waals surface area (Å²) in [7, 11) is 1.63. The summed E-state index contributed by atoms with van der Waals surface area (Å²) in [4.78, 5) is 4.75. The number of rotatable bonds is 8. The summed E-state index contributed by atoms with van der Waals surface area (Å²) >= 11 is 0. The molecule has 7 heteroatoms. The van der Waals surface area contributed by atoms with Crippen LogP contribution in [-0.4, -0.2) is 38.4 Å². The number of anilines is 2. The molecule has 1 aromatic heterocycles. The second-order valence-corrected chi connectivity index (χ2v) is 8.93. The van der Waals surface area contributed by atoms with Crippen molar-refractivity contribution in [3.05, 3.63) is 72.4 Å². The van der Waals surface area contributed by atoms with Crippen molar-refractivity contribution in [2.75, 3.05) is 38.7 Å². The predicted octanol–water partition coefficient (Wildman–Crippen LogP) is 4.87. The van der Waals surface area contributed by atoms with E-state index in [1.54, 1.807) is 7.11 Å². The molecule has 3 aromatic rings. The third kappa shape index (κ3) is 5.52. The molecule has 0 spiro atoms. The van der Waals surface area contributed by atoms with Gasteiger partial charge in [-0.05, 0) is 67.3 Å². The van der Waals surface area contributed by atoms with Crippen molar-refractivity contribution in [3.8, 4) is 28.6 Å². The summed E-state index contributed by atoms with van der Waals surface area (Å²) < 4.78 is 17.2. The number of allylic oxidation sites excluding steroid dienone is 1. The molecule has 2 aromatic carbocycles. The summed E-state index contributed by atoms with van der Waals surface area (Å²) in [5.74, 6) is 2.63. The highest BCUT2D eigenvalue weighted by Gasteiger charge is 2.19. The first-order chi connectivity index (χ1) is 17.2. The van der Waals surface area contributed by atoms with Gasteiger partial charge < -0.3 is 30.2 Å². The molecule has 2 aliphatic rings. The van der Waals surface area contributed by atoms with Crippen molar-refractivity contribution in [2.24, 2.45) is 5.92 Å². The van der Waals surface area contributed by atoms with Gasteiger partial charge in [-0.2, -0.15) is 0 Å². The molecule has 1 fully saturated rings. The molecule has 0 radical (unpaired) electrons. The van der Waals surface area contributed by atoms with Crippen molar-refractivity contribution in [3.63, 3.8) is 0 Å². The molecule has 3 heterocycles. The molecular weight excluding hydrogens is 440 g/mol. The van der Waals surface area contributed by atoms with Gasteiger partial charge in [-0.3, -0.25) is 0 Å². The number of ether oxygens (including phenoxy) is 3. The van der Waals surface area contributed by atoms with Gasteiger partial charge in [-0.1, -0.05) is 24.8 Å². The van der Waals surface area contributed by atoms with Crippen LogP contribution in [0.1, 0.15) is 18.4 Å². The Labute approximate surface area is 206 Å². The lowest BCUT2D eigenvalue weighted by Crippen LogP contribution is -2.34. The molecule has 0 aliphatic carbocycles. The van der Waals surface area contributed by atoms with Crippen LogP contribution in [0.2, 0.25) is 0 Å². The maximum atomic E-state index is 5.86. The highest BCUT2D eigenvalue weighted by Crippen LogP contribution is 2.40. The number of pyridine rings is 1. The Kier molecular flexibility index (Phi) is 7.04. The molecule has 7 nitrogen and oxygen atoms in total. The van der Waals surface area contributed by atoms with Gasteiger partial charge >= 0.3 is 0 Å². The smallest absolute Gasteiger partial charge is 0.238 e. The monoisotopic (exact) mass is 472 g/mol. The number of piperidine rings is 1. The maximum Gasteiger partial charge on any atom is 0.238 e. The first-order valence-electron chi connectivity index (χ1n) is 12.1. The molecule has 1 saturated heterocycles. The van der Waals surface area contributed by atoms with Crippen molar-refractivity contribution in [1.82, 2.24) is 15.6 Å². The summed E-state index contributed by atoms with van der Waals surface area (Å²) in [5.41, 5.74) is 5.83. The molecule has 0 amide bonds. The van der Waals surface area contributed by atoms with E-state index in [-0.39, 0.29) is 0 Å². The summed E-state index contributed by atoms with van der Waals surface area (Å²) in [5, 5.41) is 10.4. The predicted molar refractivity (Wildman–Crippen MR) is 139 cm³/mol. The quantitative estimate of drug-likeness (QED) is 0.432. The fourth-order valence-corrected chi connectivity index (χ4v) is 4.48. The van der Waals surface area contributed by atoms with Crippen molar-refractivity contribution < 1.29 is 14.2 Å². The molecule has 1 unspecified atom stereocenters. The fraction of sp³-hybridized carbons (Fsp3) is 0.321. The summed E-state index contributed by atoms with van der Waals surface area (Å²) in [6.07, 6.45) is 2.25. The van der Waals surface area contributed by atoms with Crippen molar-refractivity contribution in [1.29, 1.82) is 0 Å². The Morgan fingerprint density at radius 3 is 2.86 bits per heavy atom. The van der Waals surface area contributed by atoms with Crippen LogP contribution in [0.5, 0.6) is 17.4 Å². The molecule has 182 valence electrons. The number of hydrogen-bond acceptors (Lipinski definition) is 7. The summed E-state index contributed by atoms with van der Waals surface area (Å²) in [6.45, 7) is 7.91. The number of para-hydroxylation sites is 1. The van der Waals surface area contributed by atoms with Crippen LogP contribution in [-0.2, 0) is 6.54 Å². The van der Waals surface area contributed by atoms with E-state index in [4.69, 9.17) is 19.2 Å². The Morgan fingerprint density at radius 2 is 2.00 bits per heavy atom. The van der Waals surface area contributed by atoms with E-state index in [0.717, 1.165) is 65.9 Å². The number of hydrogen-bond donors (Lipinski definition) is 3. The summed E-state index contributed by atoms with van der Waals surface area (Å²) in [6, 6.07) is 18.2. The average Bonchev–Trinajstić information content (AvgIpc) is 2.90. The Hall–Kier alpha value is -3.71. The minimum Gasteiger partial charge on any atom is -0.486 e. The molecular formula is C28H32N4O3. The van der Waals surface area contributed by atoms with E-state index in [9.17, 15) is 0 Å². The molecule has 1 atom stereocenters. The lowest BCUT2D eigenvalue weighted by Gasteiger charge is -2.25. The Morgan fingerprint density at radius 1 is 1.11 bits per heavy atom. The molecule has 0 bridgehead atoms. The molecule has 3 N–H and O–H groups in total. The van der Waals surface area contributed by atoms with Gasteiger partial charge in [-0.15, -0.1) is 0 Å². The van der Waals surface area contributed by atoms with Crippen LogP contribution < -0.4 is 30.2 Å². The van der Waals surface area contributed by atoms with Gasteiger partial charge in [0.25, 0.3) is 0 Å². The minimum absolute atomic E-state index is 0.520. The van der Waals surface area contributed by atoms with Gasteiger partial charge in [0.15, 0.2) is 11.5 Å². The standard InChI is InChI=1S/C28H32N4O3/c1-19-9-10-21(18-30-19)17-29-16-20-5-3-6-22(15-20)31-25-12-11-24(32-28(25)33-2)23-7-4-8-26-27(23)35-14-13-34-26/h3-8,11-12,15,21,29-31H,1,9-10,13-14,16-18H2,2H3.